The van der Waals surface area contributed by atoms with Crippen molar-refractivity contribution in [2.45, 2.75) is 0 Å². The number of hydrogen-bond acceptors (Lipinski definition) is 5. The number of nitrogen functional groups attached to an aromatic ring is 1. The minimum atomic E-state index is 0.659. The largest absolute Gasteiger partial charge is 0.396 e. The van der Waals surface area contributed by atoms with E-state index in [9.17, 15) is 0 Å². The third-order valence-corrected chi connectivity index (χ3v) is 9.32. The quantitative estimate of drug-likeness (QED) is 0.203. The van der Waals surface area contributed by atoms with E-state index >= 15 is 0 Å². The predicted octanol–water partition coefficient (Wildman–Crippen LogP) is 11.0. The SMILES string of the molecule is C=C1C=CC=CN1c1c(-c2ccc(-c3cc(-c4ccc5ccccc5c4)nc(-c4ccc5ccccc5c4)n3)cc2)nc2ccccc2c1N. The Kier molecular flexibility index (Phi) is 7.03. The van der Waals surface area contributed by atoms with Crippen LogP contribution in [0.3, 0.4) is 0 Å². The van der Waals surface area contributed by atoms with Crippen molar-refractivity contribution >= 4 is 43.8 Å². The molecule has 2 aromatic heterocycles. The Morgan fingerprint density at radius 3 is 1.82 bits per heavy atom. The molecule has 50 heavy (non-hydrogen) atoms. The van der Waals surface area contributed by atoms with E-state index in [0.717, 1.165) is 67.0 Å². The number of hydrogen-bond donors (Lipinski definition) is 1. The van der Waals surface area contributed by atoms with Crippen molar-refractivity contribution in [2.75, 3.05) is 10.6 Å². The summed E-state index contributed by atoms with van der Waals surface area (Å²) in [7, 11) is 0. The van der Waals surface area contributed by atoms with Gasteiger partial charge in [0.25, 0.3) is 0 Å². The van der Waals surface area contributed by atoms with Crippen molar-refractivity contribution < 1.29 is 0 Å². The molecule has 0 fully saturated rings. The molecule has 236 valence electrons. The summed E-state index contributed by atoms with van der Waals surface area (Å²) < 4.78 is 0. The van der Waals surface area contributed by atoms with Crippen LogP contribution in [0.4, 0.5) is 11.4 Å². The summed E-state index contributed by atoms with van der Waals surface area (Å²) in [4.78, 5) is 17.4. The first kappa shape index (κ1) is 29.3. The third-order valence-electron chi connectivity index (χ3n) is 9.32. The van der Waals surface area contributed by atoms with Gasteiger partial charge in [-0.25, -0.2) is 15.0 Å². The van der Waals surface area contributed by atoms with Crippen molar-refractivity contribution in [3.63, 3.8) is 0 Å². The third kappa shape index (κ3) is 5.18. The maximum absolute atomic E-state index is 6.89. The van der Waals surface area contributed by atoms with E-state index in [0.29, 0.717) is 11.5 Å². The number of pyridine rings is 1. The average molecular weight is 642 g/mol. The summed E-state index contributed by atoms with van der Waals surface area (Å²) in [5, 5.41) is 5.59. The lowest BCUT2D eigenvalue weighted by molar-refractivity contribution is 1.18. The van der Waals surface area contributed by atoms with Gasteiger partial charge < -0.3 is 10.6 Å². The lowest BCUT2D eigenvalue weighted by Crippen LogP contribution is -2.18. The number of anilines is 2. The van der Waals surface area contributed by atoms with Gasteiger partial charge in [0.05, 0.1) is 34.0 Å². The number of allylic oxidation sites excluding steroid dienone is 3. The second-order valence-electron chi connectivity index (χ2n) is 12.5. The minimum absolute atomic E-state index is 0.659. The van der Waals surface area contributed by atoms with E-state index in [-0.39, 0.29) is 0 Å². The van der Waals surface area contributed by atoms with Crippen LogP contribution in [0.5, 0.6) is 0 Å². The van der Waals surface area contributed by atoms with Gasteiger partial charge in [0, 0.05) is 39.5 Å². The Labute approximate surface area is 290 Å². The number of para-hydroxylation sites is 1. The van der Waals surface area contributed by atoms with Gasteiger partial charge in [-0.15, -0.1) is 0 Å². The summed E-state index contributed by atoms with van der Waals surface area (Å²) in [6.45, 7) is 4.27. The van der Waals surface area contributed by atoms with E-state index in [1.807, 2.05) is 53.6 Å². The number of aromatic nitrogens is 3. The number of nitrogens with two attached hydrogens (primary N) is 1. The summed E-state index contributed by atoms with van der Waals surface area (Å²) >= 11 is 0. The van der Waals surface area contributed by atoms with Crippen LogP contribution in [0.25, 0.3) is 77.6 Å². The Bertz CT molecular complexity index is 2590. The Hall–Kier alpha value is -6.85. The minimum Gasteiger partial charge on any atom is -0.396 e. The van der Waals surface area contributed by atoms with Gasteiger partial charge in [-0.3, -0.25) is 0 Å². The molecule has 0 aliphatic carbocycles. The highest BCUT2D eigenvalue weighted by Gasteiger charge is 2.21. The Balaban J connectivity index is 1.18. The fourth-order valence-corrected chi connectivity index (χ4v) is 6.72. The first-order chi connectivity index (χ1) is 24.6. The monoisotopic (exact) mass is 641 g/mol. The fourth-order valence-electron chi connectivity index (χ4n) is 6.72. The summed E-state index contributed by atoms with van der Waals surface area (Å²) in [6.07, 6.45) is 7.90. The summed E-state index contributed by atoms with van der Waals surface area (Å²) in [6, 6.07) is 48.1. The maximum Gasteiger partial charge on any atom is 0.160 e. The second-order valence-corrected chi connectivity index (χ2v) is 12.5. The smallest absolute Gasteiger partial charge is 0.160 e. The number of nitrogens with zero attached hydrogens (tertiary/aromatic N) is 4. The molecule has 0 atom stereocenters. The van der Waals surface area contributed by atoms with E-state index < -0.39 is 0 Å². The van der Waals surface area contributed by atoms with Crippen LogP contribution in [0.15, 0.2) is 176 Å². The van der Waals surface area contributed by atoms with Gasteiger partial charge in [-0.05, 0) is 58.0 Å². The lowest BCUT2D eigenvalue weighted by Gasteiger charge is -2.27. The van der Waals surface area contributed by atoms with Crippen molar-refractivity contribution in [3.05, 3.63) is 176 Å². The van der Waals surface area contributed by atoms with E-state index in [1.165, 1.54) is 16.2 Å². The number of fused-ring (bicyclic) bond motifs is 3. The van der Waals surface area contributed by atoms with E-state index in [2.05, 4.69) is 122 Å². The fraction of sp³-hybridized carbons (Fsp3) is 0. The lowest BCUT2D eigenvalue weighted by atomic mass is 10.00. The van der Waals surface area contributed by atoms with Gasteiger partial charge in [-0.2, -0.15) is 0 Å². The molecule has 5 nitrogen and oxygen atoms in total. The molecule has 0 unspecified atom stereocenters. The highest BCUT2D eigenvalue weighted by Crippen LogP contribution is 2.42. The summed E-state index contributed by atoms with van der Waals surface area (Å²) in [5.74, 6) is 0.676. The average Bonchev–Trinajstić information content (AvgIpc) is 3.18. The number of rotatable bonds is 5. The van der Waals surface area contributed by atoms with Gasteiger partial charge in [0.15, 0.2) is 5.82 Å². The molecule has 0 amide bonds. The molecule has 0 saturated heterocycles. The zero-order valence-electron chi connectivity index (χ0n) is 27.2. The molecule has 9 rings (SSSR count). The molecule has 0 bridgehead atoms. The van der Waals surface area contributed by atoms with Crippen LogP contribution in [-0.4, -0.2) is 15.0 Å². The molecular formula is C45H31N5. The van der Waals surface area contributed by atoms with Crippen LogP contribution in [0.2, 0.25) is 0 Å². The molecule has 6 aromatic carbocycles. The van der Waals surface area contributed by atoms with Gasteiger partial charge in [0.2, 0.25) is 0 Å². The van der Waals surface area contributed by atoms with E-state index in [4.69, 9.17) is 20.7 Å². The molecule has 1 aliphatic heterocycles. The van der Waals surface area contributed by atoms with Gasteiger partial charge in [0.1, 0.15) is 0 Å². The van der Waals surface area contributed by atoms with Crippen LogP contribution in [-0.2, 0) is 0 Å². The molecule has 0 spiro atoms. The standard InChI is InChI=1S/C45H31N5/c1-29-10-8-9-25-50(29)44-42(46)38-15-6-7-16-39(38)47-43(44)33-21-19-32(20-22-33)40-28-41(36-23-17-30-11-2-4-13-34(30)26-36)49-45(48-40)37-24-18-31-12-3-5-14-35(31)27-37/h2-28H,1H2,(H2,46,47). The molecule has 0 saturated carbocycles. The van der Waals surface area contributed by atoms with Crippen molar-refractivity contribution in [1.82, 2.24) is 15.0 Å². The Morgan fingerprint density at radius 2 is 1.10 bits per heavy atom. The van der Waals surface area contributed by atoms with Gasteiger partial charge in [-0.1, -0.05) is 128 Å². The van der Waals surface area contributed by atoms with Crippen LogP contribution < -0.4 is 10.6 Å². The molecule has 3 heterocycles. The predicted molar refractivity (Wildman–Crippen MR) is 208 cm³/mol. The first-order valence-electron chi connectivity index (χ1n) is 16.6. The zero-order valence-corrected chi connectivity index (χ0v) is 27.2. The topological polar surface area (TPSA) is 67.9 Å². The summed E-state index contributed by atoms with van der Waals surface area (Å²) in [5.41, 5.74) is 16.4. The van der Waals surface area contributed by atoms with E-state index in [1.54, 1.807) is 0 Å². The van der Waals surface area contributed by atoms with Crippen LogP contribution in [0.1, 0.15) is 0 Å². The highest BCUT2D eigenvalue weighted by atomic mass is 15.1. The van der Waals surface area contributed by atoms with Crippen molar-refractivity contribution in [1.29, 1.82) is 0 Å². The second kappa shape index (κ2) is 12.0. The van der Waals surface area contributed by atoms with Crippen molar-refractivity contribution in [3.8, 4) is 45.2 Å². The molecule has 8 aromatic rings. The van der Waals surface area contributed by atoms with Crippen LogP contribution in [0, 0.1) is 0 Å². The normalized spacial score (nSPS) is 12.7. The molecule has 0 radical (unpaired) electrons. The Morgan fingerprint density at radius 1 is 0.520 bits per heavy atom. The molecule has 1 aliphatic rings. The molecule has 2 N–H and O–H groups in total. The number of benzene rings is 6. The molecular weight excluding hydrogens is 611 g/mol. The highest BCUT2D eigenvalue weighted by molar-refractivity contribution is 6.03. The van der Waals surface area contributed by atoms with Crippen LogP contribution >= 0.6 is 0 Å². The first-order valence-corrected chi connectivity index (χ1v) is 16.6. The zero-order chi connectivity index (χ0) is 33.6. The maximum atomic E-state index is 6.89. The molecule has 5 heteroatoms. The van der Waals surface area contributed by atoms with Gasteiger partial charge >= 0.3 is 0 Å². The van der Waals surface area contributed by atoms with Crippen molar-refractivity contribution in [2.24, 2.45) is 0 Å².